The first-order valence-electron chi connectivity index (χ1n) is 5.93. The summed E-state index contributed by atoms with van der Waals surface area (Å²) in [4.78, 5) is 0. The zero-order valence-corrected chi connectivity index (χ0v) is 10.7. The number of hydrogen-bond acceptors (Lipinski definition) is 3. The van der Waals surface area contributed by atoms with Gasteiger partial charge in [-0.1, -0.05) is 6.92 Å². The van der Waals surface area contributed by atoms with Gasteiger partial charge in [0, 0.05) is 31.5 Å². The quantitative estimate of drug-likeness (QED) is 0.773. The summed E-state index contributed by atoms with van der Waals surface area (Å²) in [5, 5.41) is 7.69. The summed E-state index contributed by atoms with van der Waals surface area (Å²) < 4.78 is 7.10. The molecule has 1 heterocycles. The Bertz CT molecular complexity index is 294. The SMILES string of the molecule is CCC(NC)c1cnn(C(C)CCOC)c1. The number of nitrogens with one attached hydrogen (secondary N) is 1. The third-order valence-electron chi connectivity index (χ3n) is 2.97. The zero-order chi connectivity index (χ0) is 12.0. The van der Waals surface area contributed by atoms with Crippen LogP contribution < -0.4 is 5.32 Å². The van der Waals surface area contributed by atoms with Gasteiger partial charge in [0.15, 0.2) is 0 Å². The van der Waals surface area contributed by atoms with E-state index in [-0.39, 0.29) is 0 Å². The third kappa shape index (κ3) is 3.32. The van der Waals surface area contributed by atoms with Crippen LogP contribution in [0.15, 0.2) is 12.4 Å². The standard InChI is InChI=1S/C12H23N3O/c1-5-12(13-3)11-8-14-15(9-11)10(2)6-7-16-4/h8-10,12-13H,5-7H2,1-4H3. The Hall–Kier alpha value is -0.870. The third-order valence-corrected chi connectivity index (χ3v) is 2.97. The highest BCUT2D eigenvalue weighted by atomic mass is 16.5. The smallest absolute Gasteiger partial charge is 0.0537 e. The number of aromatic nitrogens is 2. The topological polar surface area (TPSA) is 39.1 Å². The summed E-state index contributed by atoms with van der Waals surface area (Å²) in [5.41, 5.74) is 1.26. The van der Waals surface area contributed by atoms with Crippen LogP contribution >= 0.6 is 0 Å². The normalized spacial score (nSPS) is 15.0. The summed E-state index contributed by atoms with van der Waals surface area (Å²) in [6.45, 7) is 5.11. The van der Waals surface area contributed by atoms with Crippen molar-refractivity contribution < 1.29 is 4.74 Å². The van der Waals surface area contributed by atoms with Crippen molar-refractivity contribution in [2.24, 2.45) is 0 Å². The first-order chi connectivity index (χ1) is 7.72. The molecule has 0 saturated heterocycles. The van der Waals surface area contributed by atoms with Crippen LogP contribution in [0.4, 0.5) is 0 Å². The van der Waals surface area contributed by atoms with E-state index in [4.69, 9.17) is 4.74 Å². The van der Waals surface area contributed by atoms with Crippen LogP contribution in [-0.4, -0.2) is 30.5 Å². The maximum absolute atomic E-state index is 5.08. The summed E-state index contributed by atoms with van der Waals surface area (Å²) in [7, 11) is 3.72. The lowest BCUT2D eigenvalue weighted by atomic mass is 10.1. The minimum Gasteiger partial charge on any atom is -0.385 e. The molecule has 0 spiro atoms. The Labute approximate surface area is 98.0 Å². The fraction of sp³-hybridized carbons (Fsp3) is 0.750. The molecule has 92 valence electrons. The van der Waals surface area contributed by atoms with E-state index in [0.717, 1.165) is 19.4 Å². The van der Waals surface area contributed by atoms with Crippen molar-refractivity contribution in [1.29, 1.82) is 0 Å². The van der Waals surface area contributed by atoms with Crippen LogP contribution in [0.2, 0.25) is 0 Å². The Morgan fingerprint density at radius 3 is 2.88 bits per heavy atom. The average Bonchev–Trinajstić information content (AvgIpc) is 2.77. The second-order valence-corrected chi connectivity index (χ2v) is 4.13. The van der Waals surface area contributed by atoms with E-state index in [0.29, 0.717) is 12.1 Å². The van der Waals surface area contributed by atoms with Crippen LogP contribution in [0.1, 0.15) is 44.3 Å². The second kappa shape index (κ2) is 6.66. The molecule has 0 amide bonds. The lowest BCUT2D eigenvalue weighted by molar-refractivity contribution is 0.178. The predicted octanol–water partition coefficient (Wildman–Crippen LogP) is 2.15. The molecule has 1 N–H and O–H groups in total. The van der Waals surface area contributed by atoms with Gasteiger partial charge >= 0.3 is 0 Å². The predicted molar refractivity (Wildman–Crippen MR) is 65.5 cm³/mol. The molecular formula is C12H23N3O. The van der Waals surface area contributed by atoms with Gasteiger partial charge in [-0.05, 0) is 26.8 Å². The van der Waals surface area contributed by atoms with Gasteiger partial charge in [-0.15, -0.1) is 0 Å². The van der Waals surface area contributed by atoms with E-state index in [2.05, 4.69) is 30.5 Å². The largest absolute Gasteiger partial charge is 0.385 e. The number of ether oxygens (including phenoxy) is 1. The van der Waals surface area contributed by atoms with Gasteiger partial charge in [-0.2, -0.15) is 5.10 Å². The molecule has 1 rings (SSSR count). The van der Waals surface area contributed by atoms with Crippen molar-refractivity contribution >= 4 is 0 Å². The zero-order valence-electron chi connectivity index (χ0n) is 10.7. The van der Waals surface area contributed by atoms with Gasteiger partial charge in [-0.3, -0.25) is 4.68 Å². The Kier molecular flexibility index (Phi) is 5.49. The van der Waals surface area contributed by atoms with Crippen LogP contribution in [0.5, 0.6) is 0 Å². The molecule has 2 atom stereocenters. The summed E-state index contributed by atoms with van der Waals surface area (Å²) in [5.74, 6) is 0. The first kappa shape index (κ1) is 13.2. The Morgan fingerprint density at radius 2 is 2.31 bits per heavy atom. The monoisotopic (exact) mass is 225 g/mol. The number of hydrogen-bond donors (Lipinski definition) is 1. The van der Waals surface area contributed by atoms with E-state index < -0.39 is 0 Å². The van der Waals surface area contributed by atoms with Crippen molar-refractivity contribution in [2.75, 3.05) is 20.8 Å². The first-order valence-corrected chi connectivity index (χ1v) is 5.93. The molecule has 0 aliphatic carbocycles. The van der Waals surface area contributed by atoms with Gasteiger partial charge in [0.1, 0.15) is 0 Å². The molecule has 0 saturated carbocycles. The summed E-state index contributed by atoms with van der Waals surface area (Å²) in [6.07, 6.45) is 6.15. The van der Waals surface area contributed by atoms with Gasteiger partial charge in [0.25, 0.3) is 0 Å². The number of rotatable bonds is 7. The fourth-order valence-electron chi connectivity index (χ4n) is 1.80. The highest BCUT2D eigenvalue weighted by Crippen LogP contribution is 2.17. The number of methoxy groups -OCH3 is 1. The second-order valence-electron chi connectivity index (χ2n) is 4.13. The maximum Gasteiger partial charge on any atom is 0.0537 e. The average molecular weight is 225 g/mol. The molecule has 2 unspecified atom stereocenters. The molecule has 0 aliphatic heterocycles. The van der Waals surface area contributed by atoms with E-state index >= 15 is 0 Å². The lowest BCUT2D eigenvalue weighted by Gasteiger charge is -2.13. The minimum absolute atomic E-state index is 0.392. The van der Waals surface area contributed by atoms with Crippen molar-refractivity contribution in [3.8, 4) is 0 Å². The Morgan fingerprint density at radius 1 is 1.56 bits per heavy atom. The highest BCUT2D eigenvalue weighted by Gasteiger charge is 2.11. The van der Waals surface area contributed by atoms with E-state index in [9.17, 15) is 0 Å². The molecule has 0 radical (unpaired) electrons. The molecule has 4 heteroatoms. The van der Waals surface area contributed by atoms with E-state index in [1.165, 1.54) is 5.56 Å². The van der Waals surface area contributed by atoms with Crippen molar-refractivity contribution in [1.82, 2.24) is 15.1 Å². The minimum atomic E-state index is 0.392. The van der Waals surface area contributed by atoms with E-state index in [1.807, 2.05) is 17.9 Å². The van der Waals surface area contributed by atoms with Crippen molar-refractivity contribution in [3.63, 3.8) is 0 Å². The molecule has 0 fully saturated rings. The van der Waals surface area contributed by atoms with Crippen molar-refractivity contribution in [3.05, 3.63) is 18.0 Å². The molecule has 4 nitrogen and oxygen atoms in total. The molecule has 1 aromatic rings. The van der Waals surface area contributed by atoms with Crippen LogP contribution in [0.3, 0.4) is 0 Å². The molecule has 0 aliphatic rings. The molecule has 0 bridgehead atoms. The Balaban J connectivity index is 2.62. The maximum atomic E-state index is 5.08. The van der Waals surface area contributed by atoms with Crippen molar-refractivity contribution in [2.45, 2.75) is 38.8 Å². The van der Waals surface area contributed by atoms with Gasteiger partial charge in [0.2, 0.25) is 0 Å². The van der Waals surface area contributed by atoms with E-state index in [1.54, 1.807) is 7.11 Å². The fourth-order valence-corrected chi connectivity index (χ4v) is 1.80. The number of nitrogens with zero attached hydrogens (tertiary/aromatic N) is 2. The van der Waals surface area contributed by atoms with Gasteiger partial charge in [0.05, 0.1) is 12.2 Å². The lowest BCUT2D eigenvalue weighted by Crippen LogP contribution is -2.14. The van der Waals surface area contributed by atoms with Crippen LogP contribution in [-0.2, 0) is 4.74 Å². The van der Waals surface area contributed by atoms with Crippen LogP contribution in [0.25, 0.3) is 0 Å². The van der Waals surface area contributed by atoms with Gasteiger partial charge < -0.3 is 10.1 Å². The summed E-state index contributed by atoms with van der Waals surface area (Å²) in [6, 6.07) is 0.798. The molecule has 16 heavy (non-hydrogen) atoms. The summed E-state index contributed by atoms with van der Waals surface area (Å²) >= 11 is 0. The molecule has 1 aromatic heterocycles. The van der Waals surface area contributed by atoms with Gasteiger partial charge in [-0.25, -0.2) is 0 Å². The molecular weight excluding hydrogens is 202 g/mol. The highest BCUT2D eigenvalue weighted by molar-refractivity contribution is 5.10. The van der Waals surface area contributed by atoms with Crippen LogP contribution in [0, 0.1) is 0 Å². The molecule has 0 aromatic carbocycles.